The normalized spacial score (nSPS) is 11.8. The molecule has 0 aliphatic carbocycles. The maximum Gasteiger partial charge on any atom is 0.318 e. The number of methoxy groups -OCH3 is 1. The number of carboxylic acid groups (broad SMARTS) is 1. The first-order valence-electron chi connectivity index (χ1n) is 9.50. The Morgan fingerprint density at radius 2 is 1.81 bits per heavy atom. The minimum Gasteiger partial charge on any atom is -0.493 e. The number of nitrogens with zero attached hydrogens (tertiary/aromatic N) is 1. The molecule has 0 bridgehead atoms. The summed E-state index contributed by atoms with van der Waals surface area (Å²) in [4.78, 5) is 23.2. The smallest absolute Gasteiger partial charge is 0.318 e. The lowest BCUT2D eigenvalue weighted by molar-refractivity contribution is -0.137. The molecule has 8 nitrogen and oxygen atoms in total. The highest BCUT2D eigenvalue weighted by molar-refractivity contribution is 7.89. The third-order valence-corrected chi connectivity index (χ3v) is 6.34. The highest BCUT2D eigenvalue weighted by Gasteiger charge is 2.22. The molecule has 0 aliphatic heterocycles. The van der Waals surface area contributed by atoms with E-state index in [-0.39, 0.29) is 22.3 Å². The number of hydrogen-bond donors (Lipinski definition) is 1. The molecule has 1 N–H and O–H groups in total. The van der Waals surface area contributed by atoms with Gasteiger partial charge in [0.2, 0.25) is 10.0 Å². The van der Waals surface area contributed by atoms with Crippen LogP contribution in [-0.2, 0) is 14.8 Å². The predicted octanol–water partition coefficient (Wildman–Crippen LogP) is 3.74. The van der Waals surface area contributed by atoms with Crippen LogP contribution in [-0.4, -0.2) is 56.4 Å². The van der Waals surface area contributed by atoms with E-state index in [0.29, 0.717) is 22.1 Å². The Bertz CT molecular complexity index is 1130. The van der Waals surface area contributed by atoms with Gasteiger partial charge in [0.05, 0.1) is 23.1 Å². The topological polar surface area (TPSA) is 110 Å². The number of benzene rings is 2. The van der Waals surface area contributed by atoms with Gasteiger partial charge in [-0.3, -0.25) is 9.59 Å². The lowest BCUT2D eigenvalue weighted by atomic mass is 10.1. The third-order valence-electron chi connectivity index (χ3n) is 4.24. The number of ketones is 1. The molecule has 0 saturated heterocycles. The first-order valence-corrected chi connectivity index (χ1v) is 11.3. The van der Waals surface area contributed by atoms with Gasteiger partial charge in [-0.1, -0.05) is 17.7 Å². The van der Waals surface area contributed by atoms with Crippen molar-refractivity contribution in [3.8, 4) is 11.5 Å². The number of hydrogen-bond acceptors (Lipinski definition) is 6. The summed E-state index contributed by atoms with van der Waals surface area (Å²) in [6, 6.07) is 8.56. The van der Waals surface area contributed by atoms with Crippen molar-refractivity contribution < 1.29 is 32.6 Å². The SMILES string of the molecule is COc1cc(/C=C/C(=O)c2ccc(S(=O)(=O)N(C)CC(=O)O)cc2)cc(Cl)c1OC(C)C. The van der Waals surface area contributed by atoms with Crippen LogP contribution in [0.25, 0.3) is 6.08 Å². The second-order valence-corrected chi connectivity index (χ2v) is 9.53. The van der Waals surface area contributed by atoms with Gasteiger partial charge in [-0.05, 0) is 61.9 Å². The third kappa shape index (κ3) is 6.32. The zero-order chi connectivity index (χ0) is 24.1. The van der Waals surface area contributed by atoms with E-state index in [1.807, 2.05) is 13.8 Å². The molecule has 172 valence electrons. The lowest BCUT2D eigenvalue weighted by Gasteiger charge is -2.15. The zero-order valence-corrected chi connectivity index (χ0v) is 19.6. The van der Waals surface area contributed by atoms with E-state index >= 15 is 0 Å². The summed E-state index contributed by atoms with van der Waals surface area (Å²) >= 11 is 6.29. The van der Waals surface area contributed by atoms with Gasteiger partial charge in [0, 0.05) is 12.6 Å². The number of aliphatic carboxylic acids is 1. The van der Waals surface area contributed by atoms with Crippen LogP contribution in [0.15, 0.2) is 47.4 Å². The largest absolute Gasteiger partial charge is 0.493 e. The molecule has 0 unspecified atom stereocenters. The molecule has 0 atom stereocenters. The van der Waals surface area contributed by atoms with Gasteiger partial charge in [-0.15, -0.1) is 0 Å². The van der Waals surface area contributed by atoms with Crippen molar-refractivity contribution in [2.24, 2.45) is 0 Å². The van der Waals surface area contributed by atoms with Crippen molar-refractivity contribution in [2.75, 3.05) is 20.7 Å². The van der Waals surface area contributed by atoms with E-state index in [1.165, 1.54) is 44.5 Å². The maximum atomic E-state index is 12.5. The fourth-order valence-corrected chi connectivity index (χ4v) is 4.08. The van der Waals surface area contributed by atoms with Crippen LogP contribution in [0.4, 0.5) is 0 Å². The van der Waals surface area contributed by atoms with Crippen LogP contribution in [0.5, 0.6) is 11.5 Å². The van der Waals surface area contributed by atoms with Crippen molar-refractivity contribution >= 4 is 39.5 Å². The van der Waals surface area contributed by atoms with Crippen LogP contribution >= 0.6 is 11.6 Å². The predicted molar refractivity (Wildman–Crippen MR) is 121 cm³/mol. The fourth-order valence-electron chi connectivity index (χ4n) is 2.70. The van der Waals surface area contributed by atoms with Crippen LogP contribution in [0, 0.1) is 0 Å². The molecule has 2 aromatic carbocycles. The van der Waals surface area contributed by atoms with E-state index < -0.39 is 22.5 Å². The van der Waals surface area contributed by atoms with Crippen molar-refractivity contribution in [1.82, 2.24) is 4.31 Å². The average molecular weight is 482 g/mol. The molecule has 0 aromatic heterocycles. The average Bonchev–Trinajstić information content (AvgIpc) is 2.72. The molecule has 0 aliphatic rings. The highest BCUT2D eigenvalue weighted by Crippen LogP contribution is 2.37. The molecule has 2 rings (SSSR count). The monoisotopic (exact) mass is 481 g/mol. The molecular weight excluding hydrogens is 458 g/mol. The molecule has 0 saturated carbocycles. The van der Waals surface area contributed by atoms with Crippen molar-refractivity contribution in [2.45, 2.75) is 24.8 Å². The van der Waals surface area contributed by atoms with Gasteiger partial charge in [0.25, 0.3) is 0 Å². The standard InChI is InChI=1S/C22H24ClNO7S/c1-14(2)31-22-18(23)11-15(12-20(22)30-4)5-10-19(25)16-6-8-17(9-7-16)32(28,29)24(3)13-21(26)27/h5-12,14H,13H2,1-4H3,(H,26,27)/b10-5+. The van der Waals surface area contributed by atoms with Gasteiger partial charge < -0.3 is 14.6 Å². The minimum atomic E-state index is -3.97. The van der Waals surface area contributed by atoms with E-state index in [1.54, 1.807) is 18.2 Å². The van der Waals surface area contributed by atoms with E-state index in [9.17, 15) is 18.0 Å². The Kier molecular flexibility index (Phi) is 8.43. The number of carbonyl (C=O) groups is 2. The van der Waals surface area contributed by atoms with Crippen LogP contribution < -0.4 is 9.47 Å². The van der Waals surface area contributed by atoms with Gasteiger partial charge in [0.1, 0.15) is 6.54 Å². The molecule has 0 radical (unpaired) electrons. The fraction of sp³-hybridized carbons (Fsp3) is 0.273. The van der Waals surface area contributed by atoms with Gasteiger partial charge in [-0.25, -0.2) is 8.42 Å². The lowest BCUT2D eigenvalue weighted by Crippen LogP contribution is -2.32. The summed E-state index contributed by atoms with van der Waals surface area (Å²) in [5.41, 5.74) is 0.879. The second kappa shape index (κ2) is 10.6. The number of halogens is 1. The van der Waals surface area contributed by atoms with Gasteiger partial charge in [-0.2, -0.15) is 4.31 Å². The number of carboxylic acids is 1. The molecule has 0 amide bonds. The summed E-state index contributed by atoms with van der Waals surface area (Å²) in [5, 5.41) is 9.12. The van der Waals surface area contributed by atoms with Crippen molar-refractivity contribution in [3.63, 3.8) is 0 Å². The maximum absolute atomic E-state index is 12.5. The molecule has 2 aromatic rings. The zero-order valence-electron chi connectivity index (χ0n) is 18.0. The first kappa shape index (κ1) is 25.4. The molecule has 0 spiro atoms. The summed E-state index contributed by atoms with van der Waals surface area (Å²) in [7, 11) is -1.32. The highest BCUT2D eigenvalue weighted by atomic mass is 35.5. The van der Waals surface area contributed by atoms with Crippen molar-refractivity contribution in [3.05, 3.63) is 58.6 Å². The summed E-state index contributed by atoms with van der Waals surface area (Å²) in [5.74, 6) is -0.783. The number of allylic oxidation sites excluding steroid dienone is 1. The Balaban J connectivity index is 2.21. The number of sulfonamides is 1. The first-order chi connectivity index (χ1) is 14.9. The van der Waals surface area contributed by atoms with Gasteiger partial charge in [0.15, 0.2) is 17.3 Å². The van der Waals surface area contributed by atoms with E-state index in [4.69, 9.17) is 26.2 Å². The Labute approximate surface area is 192 Å². The van der Waals surface area contributed by atoms with Crippen LogP contribution in [0.3, 0.4) is 0 Å². The summed E-state index contributed by atoms with van der Waals surface area (Å²) in [6.07, 6.45) is 2.79. The number of ether oxygens (including phenoxy) is 2. The Morgan fingerprint density at radius 3 is 2.34 bits per heavy atom. The molecule has 32 heavy (non-hydrogen) atoms. The number of likely N-dealkylation sites (N-methyl/N-ethyl adjacent to an activating group) is 1. The van der Waals surface area contributed by atoms with Crippen molar-refractivity contribution in [1.29, 1.82) is 0 Å². The van der Waals surface area contributed by atoms with Crippen LogP contribution in [0.1, 0.15) is 29.8 Å². The Morgan fingerprint density at radius 1 is 1.19 bits per heavy atom. The summed E-state index contributed by atoms with van der Waals surface area (Å²) < 4.78 is 36.5. The molecule has 10 heteroatoms. The van der Waals surface area contributed by atoms with Gasteiger partial charge >= 0.3 is 5.97 Å². The quantitative estimate of drug-likeness (QED) is 0.406. The minimum absolute atomic E-state index is 0.0972. The molecular formula is C22H24ClNO7S. The van der Waals surface area contributed by atoms with Crippen LogP contribution in [0.2, 0.25) is 5.02 Å². The number of rotatable bonds is 10. The second-order valence-electron chi connectivity index (χ2n) is 7.08. The molecule has 0 fully saturated rings. The van der Waals surface area contributed by atoms with E-state index in [2.05, 4.69) is 0 Å². The summed E-state index contributed by atoms with van der Waals surface area (Å²) in [6.45, 7) is 3.06. The van der Waals surface area contributed by atoms with E-state index in [0.717, 1.165) is 4.31 Å². The molecule has 0 heterocycles. The Hall–Kier alpha value is -2.88. The number of carbonyl (C=O) groups excluding carboxylic acids is 1.